The van der Waals surface area contributed by atoms with Crippen molar-refractivity contribution < 1.29 is 14.0 Å². The first kappa shape index (κ1) is 15.2. The normalized spacial score (nSPS) is 16.5. The number of nitrogens with zero attached hydrogens (tertiary/aromatic N) is 3. The minimum Gasteiger partial charge on any atom is -0.486 e. The van der Waals surface area contributed by atoms with Crippen molar-refractivity contribution in [1.29, 1.82) is 0 Å². The van der Waals surface area contributed by atoms with Crippen LogP contribution in [0.3, 0.4) is 0 Å². The standard InChI is InChI=1S/C17H17N3O3S/c1-20(9-12-11-21-13-5-2-3-6-14(13)22-12)10-16-18-17(19-23-16)15-7-4-8-24-15/h2-8,12H,9-11H2,1H3/t12-/m0/s1. The molecule has 0 saturated carbocycles. The van der Waals surface area contributed by atoms with Crippen molar-refractivity contribution in [3.05, 3.63) is 47.7 Å². The number of thiophene rings is 1. The molecule has 7 heteroatoms. The number of benzene rings is 1. The van der Waals surface area contributed by atoms with Gasteiger partial charge in [0.1, 0.15) is 12.7 Å². The lowest BCUT2D eigenvalue weighted by molar-refractivity contribution is 0.0613. The molecule has 0 bridgehead atoms. The number of para-hydroxylation sites is 2. The molecular weight excluding hydrogens is 326 g/mol. The topological polar surface area (TPSA) is 60.6 Å². The van der Waals surface area contributed by atoms with Gasteiger partial charge in [-0.05, 0) is 30.6 Å². The molecule has 1 aromatic carbocycles. The Morgan fingerprint density at radius 3 is 2.92 bits per heavy atom. The van der Waals surface area contributed by atoms with E-state index in [2.05, 4.69) is 15.0 Å². The second-order valence-electron chi connectivity index (χ2n) is 5.68. The van der Waals surface area contributed by atoms with Crippen molar-refractivity contribution in [2.24, 2.45) is 0 Å². The number of ether oxygens (including phenoxy) is 2. The van der Waals surface area contributed by atoms with Crippen molar-refractivity contribution in [1.82, 2.24) is 15.0 Å². The summed E-state index contributed by atoms with van der Waals surface area (Å²) in [7, 11) is 2.00. The van der Waals surface area contributed by atoms with Gasteiger partial charge in [-0.15, -0.1) is 11.3 Å². The summed E-state index contributed by atoms with van der Waals surface area (Å²) in [5.41, 5.74) is 0. The van der Waals surface area contributed by atoms with Gasteiger partial charge in [0, 0.05) is 6.54 Å². The maximum atomic E-state index is 5.97. The molecule has 0 amide bonds. The van der Waals surface area contributed by atoms with Gasteiger partial charge >= 0.3 is 0 Å². The molecule has 0 N–H and O–H groups in total. The molecule has 0 fully saturated rings. The van der Waals surface area contributed by atoms with Gasteiger partial charge in [-0.2, -0.15) is 4.98 Å². The largest absolute Gasteiger partial charge is 0.486 e. The van der Waals surface area contributed by atoms with Crippen molar-refractivity contribution in [2.45, 2.75) is 12.6 Å². The highest BCUT2D eigenvalue weighted by Gasteiger charge is 2.22. The summed E-state index contributed by atoms with van der Waals surface area (Å²) in [5, 5.41) is 6.03. The summed E-state index contributed by atoms with van der Waals surface area (Å²) < 4.78 is 17.0. The molecule has 1 atom stereocenters. The predicted octanol–water partition coefficient (Wildman–Crippen LogP) is 3.07. The number of fused-ring (bicyclic) bond motifs is 1. The fourth-order valence-electron chi connectivity index (χ4n) is 2.62. The average Bonchev–Trinajstić information content (AvgIpc) is 3.26. The van der Waals surface area contributed by atoms with E-state index in [1.807, 2.05) is 48.8 Å². The van der Waals surface area contributed by atoms with Crippen LogP contribution in [0.1, 0.15) is 5.89 Å². The highest BCUT2D eigenvalue weighted by atomic mass is 32.1. The van der Waals surface area contributed by atoms with E-state index in [1.165, 1.54) is 0 Å². The first-order valence-corrected chi connectivity index (χ1v) is 8.59. The van der Waals surface area contributed by atoms with Gasteiger partial charge in [0.15, 0.2) is 11.5 Å². The number of likely N-dealkylation sites (N-methyl/N-ethyl adjacent to an activating group) is 1. The van der Waals surface area contributed by atoms with E-state index in [1.54, 1.807) is 11.3 Å². The molecule has 2 aromatic heterocycles. The number of rotatable bonds is 5. The Labute approximate surface area is 143 Å². The highest BCUT2D eigenvalue weighted by molar-refractivity contribution is 7.13. The highest BCUT2D eigenvalue weighted by Crippen LogP contribution is 2.31. The fraction of sp³-hybridized carbons (Fsp3) is 0.294. The van der Waals surface area contributed by atoms with E-state index in [9.17, 15) is 0 Å². The van der Waals surface area contributed by atoms with Gasteiger partial charge in [-0.1, -0.05) is 23.4 Å². The monoisotopic (exact) mass is 343 g/mol. The molecule has 4 rings (SSSR count). The third-order valence-corrected chi connectivity index (χ3v) is 4.56. The van der Waals surface area contributed by atoms with Crippen LogP contribution in [0.15, 0.2) is 46.3 Å². The van der Waals surface area contributed by atoms with E-state index in [-0.39, 0.29) is 6.10 Å². The third kappa shape index (κ3) is 3.27. The van der Waals surface area contributed by atoms with E-state index in [4.69, 9.17) is 14.0 Å². The number of aromatic nitrogens is 2. The van der Waals surface area contributed by atoms with Gasteiger partial charge in [0.2, 0.25) is 11.7 Å². The van der Waals surface area contributed by atoms with Crippen LogP contribution >= 0.6 is 11.3 Å². The summed E-state index contributed by atoms with van der Waals surface area (Å²) in [4.78, 5) is 7.54. The molecular formula is C17H17N3O3S. The zero-order valence-electron chi connectivity index (χ0n) is 13.2. The van der Waals surface area contributed by atoms with Crippen LogP contribution in [-0.4, -0.2) is 41.3 Å². The molecule has 0 unspecified atom stereocenters. The summed E-state index contributed by atoms with van der Waals surface area (Å²) >= 11 is 1.60. The molecule has 24 heavy (non-hydrogen) atoms. The Balaban J connectivity index is 1.35. The smallest absolute Gasteiger partial charge is 0.241 e. The lowest BCUT2D eigenvalue weighted by atomic mass is 10.2. The fourth-order valence-corrected chi connectivity index (χ4v) is 3.27. The second-order valence-corrected chi connectivity index (χ2v) is 6.63. The molecule has 3 heterocycles. The van der Waals surface area contributed by atoms with Crippen molar-refractivity contribution in [3.63, 3.8) is 0 Å². The van der Waals surface area contributed by atoms with Crippen molar-refractivity contribution in [2.75, 3.05) is 20.2 Å². The Morgan fingerprint density at radius 1 is 1.21 bits per heavy atom. The van der Waals surface area contributed by atoms with Gasteiger partial charge in [-0.3, -0.25) is 4.90 Å². The molecule has 0 spiro atoms. The van der Waals surface area contributed by atoms with Crippen LogP contribution in [0, 0.1) is 0 Å². The molecule has 1 aliphatic rings. The number of hydrogen-bond donors (Lipinski definition) is 0. The Hall–Kier alpha value is -2.38. The van der Waals surface area contributed by atoms with E-state index in [0.717, 1.165) is 16.4 Å². The van der Waals surface area contributed by atoms with Crippen LogP contribution in [0.25, 0.3) is 10.7 Å². The van der Waals surface area contributed by atoms with Gasteiger partial charge in [0.05, 0.1) is 11.4 Å². The molecule has 0 radical (unpaired) electrons. The SMILES string of the molecule is CN(Cc1nc(-c2cccs2)no1)C[C@H]1COc2ccccc2O1. The van der Waals surface area contributed by atoms with Gasteiger partial charge in [0.25, 0.3) is 0 Å². The van der Waals surface area contributed by atoms with Crippen LogP contribution in [0.5, 0.6) is 11.5 Å². The summed E-state index contributed by atoms with van der Waals surface area (Å²) in [5.74, 6) is 2.83. The molecule has 0 aliphatic carbocycles. The minimum atomic E-state index is -0.0235. The van der Waals surface area contributed by atoms with Crippen LogP contribution in [0.2, 0.25) is 0 Å². The maximum Gasteiger partial charge on any atom is 0.241 e. The zero-order chi connectivity index (χ0) is 16.4. The molecule has 0 saturated heterocycles. The van der Waals surface area contributed by atoms with Crippen LogP contribution < -0.4 is 9.47 Å². The maximum absolute atomic E-state index is 5.97. The van der Waals surface area contributed by atoms with E-state index < -0.39 is 0 Å². The number of hydrogen-bond acceptors (Lipinski definition) is 7. The first-order valence-electron chi connectivity index (χ1n) is 7.71. The van der Waals surface area contributed by atoms with E-state index >= 15 is 0 Å². The summed E-state index contributed by atoms with van der Waals surface area (Å²) in [6.45, 7) is 1.82. The Morgan fingerprint density at radius 2 is 2.08 bits per heavy atom. The third-order valence-electron chi connectivity index (χ3n) is 3.70. The molecule has 124 valence electrons. The van der Waals surface area contributed by atoms with Crippen molar-refractivity contribution >= 4 is 11.3 Å². The first-order chi connectivity index (χ1) is 11.8. The Bertz CT molecular complexity index is 803. The van der Waals surface area contributed by atoms with Crippen LogP contribution in [-0.2, 0) is 6.54 Å². The lowest BCUT2D eigenvalue weighted by Crippen LogP contribution is -2.39. The second kappa shape index (κ2) is 6.62. The summed E-state index contributed by atoms with van der Waals surface area (Å²) in [6, 6.07) is 11.7. The van der Waals surface area contributed by atoms with E-state index in [0.29, 0.717) is 31.4 Å². The minimum absolute atomic E-state index is 0.0235. The summed E-state index contributed by atoms with van der Waals surface area (Å²) in [6.07, 6.45) is -0.0235. The lowest BCUT2D eigenvalue weighted by Gasteiger charge is -2.29. The van der Waals surface area contributed by atoms with Crippen molar-refractivity contribution in [3.8, 4) is 22.2 Å². The average molecular weight is 343 g/mol. The molecule has 3 aromatic rings. The quantitative estimate of drug-likeness (QED) is 0.709. The zero-order valence-corrected chi connectivity index (χ0v) is 14.0. The van der Waals surface area contributed by atoms with Gasteiger partial charge < -0.3 is 14.0 Å². The Kier molecular flexibility index (Phi) is 4.18. The van der Waals surface area contributed by atoms with Crippen LogP contribution in [0.4, 0.5) is 0 Å². The van der Waals surface area contributed by atoms with Gasteiger partial charge in [-0.25, -0.2) is 0 Å². The predicted molar refractivity (Wildman–Crippen MR) is 90.3 cm³/mol. The molecule has 6 nitrogen and oxygen atoms in total. The molecule has 1 aliphatic heterocycles.